The fraction of sp³-hybridized carbons (Fsp3) is 0.286. The van der Waals surface area contributed by atoms with Crippen LogP contribution in [0.2, 0.25) is 5.02 Å². The molecule has 6 atom stereocenters. The fourth-order valence-electron chi connectivity index (χ4n) is 9.51. The highest BCUT2D eigenvalue weighted by Crippen LogP contribution is 2.64. The predicted molar refractivity (Wildman–Crippen MR) is 196 cm³/mol. The van der Waals surface area contributed by atoms with E-state index in [9.17, 15) is 50.2 Å². The highest BCUT2D eigenvalue weighted by molar-refractivity contribution is 6.30. The number of fused-ring (bicyclic) bond motifs is 4. The van der Waals surface area contributed by atoms with Crippen molar-refractivity contribution in [3.05, 3.63) is 135 Å². The Morgan fingerprint density at radius 3 is 1.93 bits per heavy atom. The van der Waals surface area contributed by atoms with Crippen molar-refractivity contribution in [2.45, 2.75) is 50.4 Å². The van der Waals surface area contributed by atoms with Crippen molar-refractivity contribution in [1.82, 2.24) is 5.01 Å². The van der Waals surface area contributed by atoms with Gasteiger partial charge in [-0.05, 0) is 109 Å². The van der Waals surface area contributed by atoms with Gasteiger partial charge >= 0.3 is 12.4 Å². The molecule has 300 valence electrons. The largest absolute Gasteiger partial charge is 0.507 e. The molecule has 2 aliphatic heterocycles. The molecule has 4 aliphatic rings. The number of allylic oxidation sites excluding steroid dienone is 2. The zero-order valence-corrected chi connectivity index (χ0v) is 31.1. The molecule has 0 radical (unpaired) electrons. The van der Waals surface area contributed by atoms with Gasteiger partial charge in [0.05, 0.1) is 45.7 Å². The summed E-state index contributed by atoms with van der Waals surface area (Å²) in [5, 5.41) is 12.0. The molecule has 2 aliphatic carbocycles. The molecule has 58 heavy (non-hydrogen) atoms. The monoisotopic (exact) mass is 825 g/mol. The van der Waals surface area contributed by atoms with E-state index in [0.29, 0.717) is 49.9 Å². The van der Waals surface area contributed by atoms with Crippen LogP contribution in [0.5, 0.6) is 5.75 Å². The Morgan fingerprint density at radius 2 is 1.36 bits per heavy atom. The van der Waals surface area contributed by atoms with E-state index in [-0.39, 0.29) is 30.3 Å². The number of rotatable bonds is 5. The average molecular weight is 826 g/mol. The summed E-state index contributed by atoms with van der Waals surface area (Å²) < 4.78 is 97.4. The molecule has 0 spiro atoms. The van der Waals surface area contributed by atoms with Gasteiger partial charge in [-0.2, -0.15) is 31.4 Å². The summed E-state index contributed by atoms with van der Waals surface area (Å²) in [5.41, 5.74) is -1.01. The van der Waals surface area contributed by atoms with E-state index in [1.807, 2.05) is 0 Å². The Bertz CT molecular complexity index is 2400. The van der Waals surface area contributed by atoms with E-state index in [1.54, 1.807) is 56.3 Å². The molecule has 0 aromatic heterocycles. The van der Waals surface area contributed by atoms with E-state index in [1.165, 1.54) is 12.1 Å². The van der Waals surface area contributed by atoms with Gasteiger partial charge in [-0.3, -0.25) is 24.6 Å². The zero-order chi connectivity index (χ0) is 41.8. The second kappa shape index (κ2) is 13.4. The van der Waals surface area contributed by atoms with E-state index in [2.05, 4.69) is 5.43 Å². The van der Waals surface area contributed by atoms with Gasteiger partial charge in [-0.25, -0.2) is 9.29 Å². The van der Waals surface area contributed by atoms with Crippen LogP contribution in [-0.2, 0) is 36.9 Å². The number of hydrogen-bond donors (Lipinski definition) is 2. The van der Waals surface area contributed by atoms with E-state index < -0.39 is 93.6 Å². The third-order valence-electron chi connectivity index (χ3n) is 11.9. The second-order valence-corrected chi connectivity index (χ2v) is 15.6. The van der Waals surface area contributed by atoms with Gasteiger partial charge in [0.25, 0.3) is 11.8 Å². The normalized spacial score (nSPS) is 25.8. The number of aromatic hydroxyl groups is 1. The maximum atomic E-state index is 15.3. The number of nitrogens with zero attached hydrogens (tertiary/aromatic N) is 2. The number of hydrazine groups is 1. The molecule has 4 aromatic rings. The molecule has 0 bridgehead atoms. The molecule has 6 unspecified atom stereocenters. The van der Waals surface area contributed by atoms with Crippen molar-refractivity contribution in [3.63, 3.8) is 0 Å². The van der Waals surface area contributed by atoms with Gasteiger partial charge in [0.1, 0.15) is 11.6 Å². The number of amides is 4. The number of benzene rings is 4. The zero-order valence-electron chi connectivity index (χ0n) is 30.4. The van der Waals surface area contributed by atoms with E-state index >= 15 is 4.79 Å². The first kappa shape index (κ1) is 39.1. The maximum absolute atomic E-state index is 15.3. The number of phenolic OH excluding ortho intramolecular Hbond substituents is 1. The molecule has 16 heteroatoms. The van der Waals surface area contributed by atoms with Crippen molar-refractivity contribution in [2.75, 3.05) is 10.3 Å². The number of carbonyl (C=O) groups excluding carboxylic acids is 4. The van der Waals surface area contributed by atoms with Gasteiger partial charge in [-0.1, -0.05) is 47.5 Å². The smallest absolute Gasteiger partial charge is 0.416 e. The Labute approximate surface area is 330 Å². The van der Waals surface area contributed by atoms with Crippen LogP contribution >= 0.6 is 11.6 Å². The second-order valence-electron chi connectivity index (χ2n) is 15.2. The van der Waals surface area contributed by atoms with Crippen LogP contribution in [0, 0.1) is 43.3 Å². The molecule has 2 saturated heterocycles. The molecule has 8 nitrogen and oxygen atoms in total. The molecule has 4 aromatic carbocycles. The van der Waals surface area contributed by atoms with Crippen LogP contribution in [-0.4, -0.2) is 33.7 Å². The number of aryl methyl sites for hydroxylation is 2. The standard InChI is InChI=1S/C42H31ClF7N3O5/c1-19-13-21(14-20(2)35(19)54)34-29-11-12-30-33(38(57)52(36(30)55)28-16-23(41(45,46)47)15-24(17-28)42(48,49)50)31(29)18-32-37(56)53(51-27-9-7-26(44)8-10-27)39(58)40(32,34)22-3-5-25(43)6-4-22/h3-11,13-17,30-34,51,54H,12,18H2,1-2H3. The summed E-state index contributed by atoms with van der Waals surface area (Å²) in [5.74, 6) is -10.1. The Hall–Kier alpha value is -5.70. The summed E-state index contributed by atoms with van der Waals surface area (Å²) in [6.07, 6.45) is -9.26. The van der Waals surface area contributed by atoms with Crippen LogP contribution in [0.4, 0.5) is 42.1 Å². The summed E-state index contributed by atoms with van der Waals surface area (Å²) in [4.78, 5) is 59.1. The fourth-order valence-corrected chi connectivity index (χ4v) is 9.63. The number of anilines is 2. The molecule has 8 rings (SSSR count). The number of carbonyl (C=O) groups is 4. The summed E-state index contributed by atoms with van der Waals surface area (Å²) >= 11 is 6.31. The number of nitrogens with one attached hydrogen (secondary N) is 1. The number of hydrogen-bond acceptors (Lipinski definition) is 6. The lowest BCUT2D eigenvalue weighted by Gasteiger charge is -2.50. The van der Waals surface area contributed by atoms with E-state index in [0.717, 1.165) is 17.1 Å². The van der Waals surface area contributed by atoms with Crippen LogP contribution in [0.15, 0.2) is 90.5 Å². The molecule has 3 fully saturated rings. The quantitative estimate of drug-likeness (QED) is 0.118. The lowest BCUT2D eigenvalue weighted by Crippen LogP contribution is -2.53. The summed E-state index contributed by atoms with van der Waals surface area (Å²) in [7, 11) is 0. The van der Waals surface area contributed by atoms with Gasteiger partial charge in [-0.15, -0.1) is 0 Å². The van der Waals surface area contributed by atoms with Gasteiger partial charge in [0.15, 0.2) is 0 Å². The number of imide groups is 2. The molecule has 2 N–H and O–H groups in total. The Balaban J connectivity index is 1.32. The Kier molecular flexibility index (Phi) is 9.06. The first-order valence-electron chi connectivity index (χ1n) is 18.1. The van der Waals surface area contributed by atoms with Crippen molar-refractivity contribution in [3.8, 4) is 5.75 Å². The van der Waals surface area contributed by atoms with Crippen LogP contribution < -0.4 is 10.3 Å². The molecular weight excluding hydrogens is 795 g/mol. The lowest BCUT2D eigenvalue weighted by molar-refractivity contribution is -0.143. The SMILES string of the molecule is Cc1cc(C2C3=CCC4C(=O)N(c5cc(C(F)(F)F)cc(C(F)(F)F)c5)C(=O)C4C3CC3C(=O)N(Nc4ccc(F)cc4)C(=O)C32c2ccc(Cl)cc2)cc(C)c1O. The highest BCUT2D eigenvalue weighted by atomic mass is 35.5. The molecule has 1 saturated carbocycles. The minimum Gasteiger partial charge on any atom is -0.507 e. The highest BCUT2D eigenvalue weighted by Gasteiger charge is 2.70. The first-order chi connectivity index (χ1) is 27.2. The van der Waals surface area contributed by atoms with Crippen molar-refractivity contribution >= 4 is 46.6 Å². The summed E-state index contributed by atoms with van der Waals surface area (Å²) in [6.45, 7) is 3.27. The predicted octanol–water partition coefficient (Wildman–Crippen LogP) is 9.03. The van der Waals surface area contributed by atoms with Crippen LogP contribution in [0.25, 0.3) is 0 Å². The van der Waals surface area contributed by atoms with Gasteiger partial charge in [0.2, 0.25) is 11.8 Å². The minimum atomic E-state index is -5.26. The first-order valence-corrected chi connectivity index (χ1v) is 18.4. The minimum absolute atomic E-state index is 0.0363. The van der Waals surface area contributed by atoms with Crippen molar-refractivity contribution < 1.29 is 55.0 Å². The van der Waals surface area contributed by atoms with Crippen molar-refractivity contribution in [1.29, 1.82) is 0 Å². The topological polar surface area (TPSA) is 107 Å². The molecule has 4 amide bonds. The third-order valence-corrected chi connectivity index (χ3v) is 12.2. The summed E-state index contributed by atoms with van der Waals surface area (Å²) in [6, 6.07) is 15.0. The van der Waals surface area contributed by atoms with E-state index in [4.69, 9.17) is 11.6 Å². The maximum Gasteiger partial charge on any atom is 0.416 e. The average Bonchev–Trinajstić information content (AvgIpc) is 3.54. The number of alkyl halides is 6. The van der Waals surface area contributed by atoms with Gasteiger partial charge in [0, 0.05) is 10.9 Å². The van der Waals surface area contributed by atoms with Gasteiger partial charge < -0.3 is 5.11 Å². The van der Waals surface area contributed by atoms with Crippen molar-refractivity contribution in [2.24, 2.45) is 23.7 Å². The van der Waals surface area contributed by atoms with Crippen LogP contribution in [0.1, 0.15) is 52.1 Å². The number of phenols is 1. The Morgan fingerprint density at radius 1 is 0.776 bits per heavy atom. The molecular formula is C42H31ClF7N3O5. The lowest BCUT2D eigenvalue weighted by atomic mass is 9.49. The van der Waals surface area contributed by atoms with Crippen LogP contribution in [0.3, 0.4) is 0 Å². The number of halogens is 8. The third kappa shape index (κ3) is 5.95. The molecule has 2 heterocycles.